The fourth-order valence-electron chi connectivity index (χ4n) is 1.11. The molecule has 13 heavy (non-hydrogen) atoms. The number of nitrogens with zero attached hydrogens (tertiary/aromatic N) is 1. The maximum absolute atomic E-state index is 8.56. The number of aliphatic hydroxyl groups excluding tert-OH is 1. The average Bonchev–Trinajstić information content (AvgIpc) is 2.15. The van der Waals surface area contributed by atoms with Gasteiger partial charge in [-0.1, -0.05) is 6.07 Å². The minimum Gasteiger partial charge on any atom is -0.396 e. The lowest BCUT2D eigenvalue weighted by molar-refractivity contribution is 0.286. The van der Waals surface area contributed by atoms with Crippen LogP contribution in [-0.4, -0.2) is 23.2 Å². The van der Waals surface area contributed by atoms with Gasteiger partial charge in [-0.25, -0.2) is 0 Å². The minimum absolute atomic E-state index is 0.244. The highest BCUT2D eigenvalue weighted by molar-refractivity contribution is 5.17. The highest BCUT2D eigenvalue weighted by Crippen LogP contribution is 2.01. The summed E-state index contributed by atoms with van der Waals surface area (Å²) >= 11 is 0. The molecule has 0 saturated carbocycles. The SMILES string of the molecule is Cc1cccnc1CNCCCO. The molecule has 1 heterocycles. The van der Waals surface area contributed by atoms with Crippen LogP contribution in [0.3, 0.4) is 0 Å². The molecule has 0 fully saturated rings. The Kier molecular flexibility index (Phi) is 4.43. The van der Waals surface area contributed by atoms with Crippen LogP contribution in [0.4, 0.5) is 0 Å². The molecule has 0 atom stereocenters. The van der Waals surface area contributed by atoms with Gasteiger partial charge in [0.25, 0.3) is 0 Å². The van der Waals surface area contributed by atoms with Crippen molar-refractivity contribution < 1.29 is 5.11 Å². The molecule has 0 unspecified atom stereocenters. The van der Waals surface area contributed by atoms with E-state index in [2.05, 4.69) is 23.3 Å². The topological polar surface area (TPSA) is 45.2 Å². The van der Waals surface area contributed by atoms with Crippen LogP contribution in [0.25, 0.3) is 0 Å². The van der Waals surface area contributed by atoms with Gasteiger partial charge in [-0.15, -0.1) is 0 Å². The molecule has 1 rings (SSSR count). The fourth-order valence-corrected chi connectivity index (χ4v) is 1.11. The van der Waals surface area contributed by atoms with Gasteiger partial charge in [0.2, 0.25) is 0 Å². The van der Waals surface area contributed by atoms with E-state index in [4.69, 9.17) is 5.11 Å². The van der Waals surface area contributed by atoms with Gasteiger partial charge < -0.3 is 10.4 Å². The van der Waals surface area contributed by atoms with Gasteiger partial charge in [0, 0.05) is 19.3 Å². The van der Waals surface area contributed by atoms with Gasteiger partial charge in [-0.05, 0) is 31.5 Å². The molecule has 0 aliphatic rings. The summed E-state index contributed by atoms with van der Waals surface area (Å²) in [6, 6.07) is 3.99. The molecule has 0 bridgehead atoms. The first-order valence-corrected chi connectivity index (χ1v) is 4.56. The number of rotatable bonds is 5. The molecule has 1 aromatic heterocycles. The second-order valence-corrected chi connectivity index (χ2v) is 3.02. The predicted molar refractivity (Wildman–Crippen MR) is 52.4 cm³/mol. The second kappa shape index (κ2) is 5.67. The highest BCUT2D eigenvalue weighted by Gasteiger charge is 1.96. The molecular weight excluding hydrogens is 164 g/mol. The molecule has 3 nitrogen and oxygen atoms in total. The van der Waals surface area contributed by atoms with Crippen molar-refractivity contribution in [2.75, 3.05) is 13.2 Å². The minimum atomic E-state index is 0.244. The Bertz CT molecular complexity index is 250. The van der Waals surface area contributed by atoms with Crippen molar-refractivity contribution >= 4 is 0 Å². The van der Waals surface area contributed by atoms with Crippen molar-refractivity contribution in [1.82, 2.24) is 10.3 Å². The molecule has 2 N–H and O–H groups in total. The molecular formula is C10H16N2O. The Morgan fingerprint density at radius 2 is 2.38 bits per heavy atom. The summed E-state index contributed by atoms with van der Waals surface area (Å²) in [6.07, 6.45) is 2.60. The number of aliphatic hydroxyl groups is 1. The maximum Gasteiger partial charge on any atom is 0.0570 e. The van der Waals surface area contributed by atoms with E-state index in [1.807, 2.05) is 6.07 Å². The van der Waals surface area contributed by atoms with Crippen LogP contribution in [0.5, 0.6) is 0 Å². The van der Waals surface area contributed by atoms with Crippen molar-refractivity contribution in [2.24, 2.45) is 0 Å². The summed E-state index contributed by atoms with van der Waals surface area (Å²) in [7, 11) is 0. The van der Waals surface area contributed by atoms with Crippen LogP contribution in [0.2, 0.25) is 0 Å². The molecule has 0 aromatic carbocycles. The fraction of sp³-hybridized carbons (Fsp3) is 0.500. The Hall–Kier alpha value is -0.930. The lowest BCUT2D eigenvalue weighted by Gasteiger charge is -2.05. The Morgan fingerprint density at radius 3 is 3.08 bits per heavy atom. The van der Waals surface area contributed by atoms with Crippen molar-refractivity contribution in [3.63, 3.8) is 0 Å². The average molecular weight is 180 g/mol. The van der Waals surface area contributed by atoms with Crippen LogP contribution < -0.4 is 5.32 Å². The lowest BCUT2D eigenvalue weighted by Crippen LogP contribution is -2.17. The summed E-state index contributed by atoms with van der Waals surface area (Å²) < 4.78 is 0. The quantitative estimate of drug-likeness (QED) is 0.661. The molecule has 0 amide bonds. The van der Waals surface area contributed by atoms with Gasteiger partial charge in [0.1, 0.15) is 0 Å². The Balaban J connectivity index is 2.32. The normalized spacial score (nSPS) is 10.3. The predicted octanol–water partition coefficient (Wildman–Crippen LogP) is 0.862. The summed E-state index contributed by atoms with van der Waals surface area (Å²) in [6.45, 7) is 3.92. The van der Waals surface area contributed by atoms with E-state index < -0.39 is 0 Å². The van der Waals surface area contributed by atoms with Crippen molar-refractivity contribution in [2.45, 2.75) is 19.9 Å². The molecule has 0 saturated heterocycles. The maximum atomic E-state index is 8.56. The van der Waals surface area contributed by atoms with Crippen molar-refractivity contribution in [3.8, 4) is 0 Å². The first-order valence-electron chi connectivity index (χ1n) is 4.56. The first kappa shape index (κ1) is 10.2. The Morgan fingerprint density at radius 1 is 1.54 bits per heavy atom. The number of nitrogens with one attached hydrogen (secondary N) is 1. The zero-order chi connectivity index (χ0) is 9.52. The molecule has 0 spiro atoms. The summed E-state index contributed by atoms with van der Waals surface area (Å²) in [5, 5.41) is 11.8. The van der Waals surface area contributed by atoms with E-state index in [-0.39, 0.29) is 6.61 Å². The number of aryl methyl sites for hydroxylation is 1. The van der Waals surface area contributed by atoms with Gasteiger partial charge in [0.15, 0.2) is 0 Å². The van der Waals surface area contributed by atoms with E-state index in [1.165, 1.54) is 5.56 Å². The Labute approximate surface area is 78.8 Å². The van der Waals surface area contributed by atoms with Crippen LogP contribution in [0.1, 0.15) is 17.7 Å². The van der Waals surface area contributed by atoms with Gasteiger partial charge in [-0.2, -0.15) is 0 Å². The number of pyridine rings is 1. The summed E-state index contributed by atoms with van der Waals surface area (Å²) in [5.74, 6) is 0. The molecule has 0 aliphatic heterocycles. The third-order valence-corrected chi connectivity index (χ3v) is 1.92. The number of hydrogen-bond donors (Lipinski definition) is 2. The molecule has 0 radical (unpaired) electrons. The second-order valence-electron chi connectivity index (χ2n) is 3.02. The monoisotopic (exact) mass is 180 g/mol. The van der Waals surface area contributed by atoms with Crippen LogP contribution in [-0.2, 0) is 6.54 Å². The number of hydrogen-bond acceptors (Lipinski definition) is 3. The molecule has 3 heteroatoms. The number of aromatic nitrogens is 1. The van der Waals surface area contributed by atoms with Crippen LogP contribution in [0, 0.1) is 6.92 Å². The van der Waals surface area contributed by atoms with E-state index in [9.17, 15) is 0 Å². The smallest absolute Gasteiger partial charge is 0.0570 e. The van der Waals surface area contributed by atoms with E-state index >= 15 is 0 Å². The van der Waals surface area contributed by atoms with Crippen LogP contribution in [0.15, 0.2) is 18.3 Å². The van der Waals surface area contributed by atoms with Crippen molar-refractivity contribution in [1.29, 1.82) is 0 Å². The molecule has 1 aromatic rings. The largest absolute Gasteiger partial charge is 0.396 e. The van der Waals surface area contributed by atoms with Gasteiger partial charge in [0.05, 0.1) is 5.69 Å². The third kappa shape index (κ3) is 3.53. The van der Waals surface area contributed by atoms with Gasteiger partial charge in [-0.3, -0.25) is 4.98 Å². The van der Waals surface area contributed by atoms with E-state index in [0.29, 0.717) is 0 Å². The standard InChI is InChI=1S/C10H16N2O/c1-9-4-2-6-12-10(9)8-11-5-3-7-13/h2,4,6,11,13H,3,5,7-8H2,1H3. The first-order chi connectivity index (χ1) is 6.34. The van der Waals surface area contributed by atoms with E-state index in [0.717, 1.165) is 25.2 Å². The third-order valence-electron chi connectivity index (χ3n) is 1.92. The van der Waals surface area contributed by atoms with Crippen LogP contribution >= 0.6 is 0 Å². The van der Waals surface area contributed by atoms with Crippen molar-refractivity contribution in [3.05, 3.63) is 29.6 Å². The van der Waals surface area contributed by atoms with Gasteiger partial charge >= 0.3 is 0 Å². The zero-order valence-electron chi connectivity index (χ0n) is 7.95. The molecule has 72 valence electrons. The van der Waals surface area contributed by atoms with E-state index in [1.54, 1.807) is 6.20 Å². The highest BCUT2D eigenvalue weighted by atomic mass is 16.3. The molecule has 0 aliphatic carbocycles. The lowest BCUT2D eigenvalue weighted by atomic mass is 10.2. The zero-order valence-corrected chi connectivity index (χ0v) is 7.95. The summed E-state index contributed by atoms with van der Waals surface area (Å²) in [5.41, 5.74) is 2.29. The summed E-state index contributed by atoms with van der Waals surface area (Å²) in [4.78, 5) is 4.25.